The minimum atomic E-state index is 0. The summed E-state index contributed by atoms with van der Waals surface area (Å²) in [5.74, 6) is 1.93. The molecule has 1 aromatic heterocycles. The first-order valence-electron chi connectivity index (χ1n) is 10.3. The van der Waals surface area contributed by atoms with E-state index in [1.165, 1.54) is 38.5 Å². The summed E-state index contributed by atoms with van der Waals surface area (Å²) in [5, 5.41) is 1.07. The SMILES string of the molecule is CC.CC.CC(C)C1CCC[CH-]CCC1.[Y].[c-]1ccnc2ccccc12. The third kappa shape index (κ3) is 12.2. The van der Waals surface area contributed by atoms with Crippen LogP contribution in [0.3, 0.4) is 0 Å². The van der Waals surface area contributed by atoms with Crippen LogP contribution in [0.4, 0.5) is 0 Å². The smallest absolute Gasteiger partial charge is 0 e. The number of para-hydroxylation sites is 1. The van der Waals surface area contributed by atoms with Crippen molar-refractivity contribution in [3.8, 4) is 0 Å². The van der Waals surface area contributed by atoms with Gasteiger partial charge in [0.1, 0.15) is 0 Å². The molecule has 1 aliphatic rings. The maximum Gasteiger partial charge on any atom is 0 e. The van der Waals surface area contributed by atoms with Crippen LogP contribution in [-0.4, -0.2) is 4.98 Å². The van der Waals surface area contributed by atoms with Crippen LogP contribution in [-0.2, 0) is 32.7 Å². The minimum absolute atomic E-state index is 0. The second-order valence-corrected chi connectivity index (χ2v) is 6.26. The maximum absolute atomic E-state index is 4.15. The third-order valence-corrected chi connectivity index (χ3v) is 4.34. The van der Waals surface area contributed by atoms with Crippen LogP contribution in [0.2, 0.25) is 0 Å². The fourth-order valence-corrected chi connectivity index (χ4v) is 2.96. The Bertz CT molecular complexity index is 451. The van der Waals surface area contributed by atoms with Crippen molar-refractivity contribution in [2.24, 2.45) is 11.8 Å². The van der Waals surface area contributed by atoms with Crippen LogP contribution in [0, 0.1) is 24.3 Å². The molecule has 0 amide bonds. The molecule has 0 aliphatic heterocycles. The van der Waals surface area contributed by atoms with E-state index in [-0.39, 0.29) is 32.7 Å². The Morgan fingerprint density at radius 1 is 1.00 bits per heavy atom. The second-order valence-electron chi connectivity index (χ2n) is 6.26. The first kappa shape index (κ1) is 27.9. The molecule has 1 fully saturated rings. The average Bonchev–Trinajstić information content (AvgIpc) is 2.65. The molecule has 0 atom stereocenters. The van der Waals surface area contributed by atoms with Crippen molar-refractivity contribution in [1.82, 2.24) is 4.98 Å². The molecule has 1 saturated carbocycles. The molecule has 1 heterocycles. The van der Waals surface area contributed by atoms with Gasteiger partial charge in [0.15, 0.2) is 0 Å². The number of hydrogen-bond donors (Lipinski definition) is 0. The fourth-order valence-electron chi connectivity index (χ4n) is 2.96. The predicted octanol–water partition coefficient (Wildman–Crippen LogP) is 7.90. The van der Waals surface area contributed by atoms with Crippen LogP contribution in [0.1, 0.15) is 80.1 Å². The number of benzene rings is 1. The fraction of sp³-hybridized carbons (Fsp3) is 0.583. The maximum atomic E-state index is 4.15. The molecule has 0 N–H and O–H groups in total. The minimum Gasteiger partial charge on any atom is -0.352 e. The Balaban J connectivity index is 0. The van der Waals surface area contributed by atoms with Gasteiger partial charge in [-0.05, 0) is 17.4 Å². The van der Waals surface area contributed by atoms with Crippen molar-refractivity contribution in [2.45, 2.75) is 80.1 Å². The molecule has 2 heteroatoms. The summed E-state index contributed by atoms with van der Waals surface area (Å²) in [6.45, 7) is 12.7. The quantitative estimate of drug-likeness (QED) is 0.419. The van der Waals surface area contributed by atoms with Crippen LogP contribution in [0.5, 0.6) is 0 Å². The van der Waals surface area contributed by atoms with Gasteiger partial charge >= 0.3 is 0 Å². The number of pyridine rings is 1. The Kier molecular flexibility index (Phi) is 21.0. The molecule has 0 saturated heterocycles. The number of hydrogen-bond acceptors (Lipinski definition) is 1. The van der Waals surface area contributed by atoms with Gasteiger partial charge in [-0.15, -0.1) is 29.7 Å². The van der Waals surface area contributed by atoms with Crippen molar-refractivity contribution >= 4 is 10.9 Å². The van der Waals surface area contributed by atoms with Gasteiger partial charge in [0.05, 0.1) is 0 Å². The molecule has 1 aliphatic carbocycles. The molecular weight excluding hydrogens is 391 g/mol. The van der Waals surface area contributed by atoms with E-state index in [1.807, 2.05) is 58.0 Å². The molecule has 0 spiro atoms. The van der Waals surface area contributed by atoms with Crippen molar-refractivity contribution in [2.75, 3.05) is 0 Å². The first-order chi connectivity index (χ1) is 12.3. The zero-order valence-corrected chi connectivity index (χ0v) is 20.8. The summed E-state index contributed by atoms with van der Waals surface area (Å²) in [5.41, 5.74) is 1.00. The molecule has 0 bridgehead atoms. The second kappa shape index (κ2) is 19.5. The van der Waals surface area contributed by atoms with Gasteiger partial charge in [0.25, 0.3) is 0 Å². The van der Waals surface area contributed by atoms with E-state index in [9.17, 15) is 0 Å². The summed E-state index contributed by atoms with van der Waals surface area (Å²) < 4.78 is 0. The zero-order chi connectivity index (χ0) is 18.9. The zero-order valence-electron chi connectivity index (χ0n) is 18.0. The Labute approximate surface area is 188 Å². The van der Waals surface area contributed by atoms with E-state index in [0.717, 1.165) is 22.7 Å². The third-order valence-electron chi connectivity index (χ3n) is 4.34. The van der Waals surface area contributed by atoms with E-state index >= 15 is 0 Å². The number of nitrogens with zero attached hydrogens (tertiary/aromatic N) is 1. The molecule has 1 aromatic carbocycles. The average molecular weight is 430 g/mol. The topological polar surface area (TPSA) is 12.9 Å². The van der Waals surface area contributed by atoms with Gasteiger partial charge in [-0.2, -0.15) is 12.8 Å². The Morgan fingerprint density at radius 3 is 2.12 bits per heavy atom. The van der Waals surface area contributed by atoms with Crippen molar-refractivity contribution in [3.05, 3.63) is 49.0 Å². The number of fused-ring (bicyclic) bond motifs is 1. The first-order valence-corrected chi connectivity index (χ1v) is 10.3. The molecule has 1 radical (unpaired) electrons. The van der Waals surface area contributed by atoms with E-state index in [2.05, 4.69) is 31.3 Å². The van der Waals surface area contributed by atoms with E-state index in [0.29, 0.717) is 0 Å². The van der Waals surface area contributed by atoms with Gasteiger partial charge in [-0.25, -0.2) is 0 Å². The predicted molar refractivity (Wildman–Crippen MR) is 114 cm³/mol. The molecule has 3 rings (SSSR count). The Hall–Kier alpha value is -0.266. The van der Waals surface area contributed by atoms with Gasteiger partial charge in [-0.1, -0.05) is 85.6 Å². The molecule has 2 aromatic rings. The summed E-state index contributed by atoms with van der Waals surface area (Å²) in [6.07, 6.45) is 12.7. The van der Waals surface area contributed by atoms with Crippen LogP contribution in [0.15, 0.2) is 36.5 Å². The standard InChI is InChI=1S/C11H21.C9H6N.2C2H6.Y/c1-10(2)11-8-6-4-3-5-7-9-11;1-2-6-9-8(4-1)5-3-7-10-9;2*1-2;/h3,10-11H,4-9H2,1-2H3;1-4,6-7H;2*1-2H3;/q2*-1;;;. The van der Waals surface area contributed by atoms with Gasteiger partial charge < -0.3 is 11.4 Å². The van der Waals surface area contributed by atoms with Crippen LogP contribution >= 0.6 is 0 Å². The summed E-state index contributed by atoms with van der Waals surface area (Å²) >= 11 is 0. The Morgan fingerprint density at radius 2 is 1.58 bits per heavy atom. The van der Waals surface area contributed by atoms with Crippen LogP contribution < -0.4 is 0 Å². The summed E-state index contributed by atoms with van der Waals surface area (Å²) in [6, 6.07) is 12.9. The molecule has 26 heavy (non-hydrogen) atoms. The molecule has 1 nitrogen and oxygen atoms in total. The van der Waals surface area contributed by atoms with E-state index < -0.39 is 0 Å². The summed E-state index contributed by atoms with van der Waals surface area (Å²) in [4.78, 5) is 4.15. The van der Waals surface area contributed by atoms with Gasteiger partial charge in [-0.3, -0.25) is 0 Å². The van der Waals surface area contributed by atoms with E-state index in [1.54, 1.807) is 6.20 Å². The van der Waals surface area contributed by atoms with Gasteiger partial charge in [0, 0.05) is 32.7 Å². The van der Waals surface area contributed by atoms with E-state index in [4.69, 9.17) is 0 Å². The number of rotatable bonds is 1. The van der Waals surface area contributed by atoms with Crippen molar-refractivity contribution in [1.29, 1.82) is 0 Å². The van der Waals surface area contributed by atoms with Crippen LogP contribution in [0.25, 0.3) is 10.9 Å². The van der Waals surface area contributed by atoms with Gasteiger partial charge in [0.2, 0.25) is 0 Å². The van der Waals surface area contributed by atoms with Crippen molar-refractivity contribution in [3.63, 3.8) is 0 Å². The summed E-state index contributed by atoms with van der Waals surface area (Å²) in [7, 11) is 0. The molecular formula is C24H39NY-2. The van der Waals surface area contributed by atoms with Crippen molar-refractivity contribution < 1.29 is 32.7 Å². The largest absolute Gasteiger partial charge is 0.352 e. The number of aromatic nitrogens is 1. The molecule has 145 valence electrons. The normalized spacial score (nSPS) is 14.1. The monoisotopic (exact) mass is 430 g/mol. The molecule has 0 unspecified atom stereocenters.